The van der Waals surface area contributed by atoms with E-state index in [1.165, 1.54) is 0 Å². The topological polar surface area (TPSA) is 53.4 Å². The van der Waals surface area contributed by atoms with Crippen molar-refractivity contribution in [2.75, 3.05) is 13.1 Å². The lowest BCUT2D eigenvalue weighted by atomic mass is 10.00. The number of carboxylic acid groups (broad SMARTS) is 1. The van der Waals surface area contributed by atoms with Gasteiger partial charge in [0.15, 0.2) is 0 Å². The molecule has 0 aliphatic carbocycles. The lowest BCUT2D eigenvalue weighted by Gasteiger charge is -2.36. The molecule has 0 spiro atoms. The van der Waals surface area contributed by atoms with Gasteiger partial charge in [-0.1, -0.05) is 0 Å². The second-order valence-corrected chi connectivity index (χ2v) is 4.53. The number of aliphatic carboxylic acids is 1. The Kier molecular flexibility index (Phi) is 3.02. The van der Waals surface area contributed by atoms with Gasteiger partial charge in [-0.05, 0) is 33.6 Å². The molecular weight excluding hydrogens is 260 g/mol. The summed E-state index contributed by atoms with van der Waals surface area (Å²) in [5.41, 5.74) is 1.15. The molecule has 80 valence electrons. The molecule has 15 heavy (non-hydrogen) atoms. The minimum Gasteiger partial charge on any atom is -0.481 e. The third-order valence-electron chi connectivity index (χ3n) is 2.50. The molecule has 1 fully saturated rings. The number of rotatable bonds is 3. The van der Waals surface area contributed by atoms with Crippen molar-refractivity contribution in [2.45, 2.75) is 6.54 Å². The van der Waals surface area contributed by atoms with Crippen LogP contribution in [-0.2, 0) is 11.3 Å². The van der Waals surface area contributed by atoms with Gasteiger partial charge in [0.2, 0.25) is 0 Å². The Labute approximate surface area is 96.1 Å². The monoisotopic (exact) mass is 270 g/mol. The van der Waals surface area contributed by atoms with Crippen LogP contribution in [0, 0.1) is 5.92 Å². The molecule has 0 amide bonds. The van der Waals surface area contributed by atoms with Crippen molar-refractivity contribution in [3.05, 3.63) is 28.5 Å². The predicted octanol–water partition coefficient (Wildman–Crippen LogP) is 1.36. The first-order valence-electron chi connectivity index (χ1n) is 4.71. The molecule has 2 rings (SSSR count). The van der Waals surface area contributed by atoms with E-state index in [4.69, 9.17) is 5.11 Å². The Hall–Kier alpha value is -0.940. The molecule has 1 saturated heterocycles. The van der Waals surface area contributed by atoms with Crippen molar-refractivity contribution in [1.82, 2.24) is 9.88 Å². The Morgan fingerprint density at radius 3 is 3.00 bits per heavy atom. The highest BCUT2D eigenvalue weighted by molar-refractivity contribution is 9.10. The molecule has 5 heteroatoms. The van der Waals surface area contributed by atoms with Gasteiger partial charge >= 0.3 is 5.97 Å². The second-order valence-electron chi connectivity index (χ2n) is 3.72. The van der Waals surface area contributed by atoms with Crippen molar-refractivity contribution >= 4 is 21.9 Å². The third-order valence-corrected chi connectivity index (χ3v) is 2.94. The van der Waals surface area contributed by atoms with E-state index < -0.39 is 5.97 Å². The molecule has 1 aliphatic rings. The quantitative estimate of drug-likeness (QED) is 0.843. The average molecular weight is 271 g/mol. The van der Waals surface area contributed by atoms with Gasteiger partial charge in [-0.25, -0.2) is 4.98 Å². The van der Waals surface area contributed by atoms with E-state index in [1.54, 1.807) is 6.20 Å². The number of hydrogen-bond acceptors (Lipinski definition) is 3. The zero-order valence-electron chi connectivity index (χ0n) is 8.06. The number of carbonyl (C=O) groups is 1. The maximum atomic E-state index is 10.6. The molecule has 0 radical (unpaired) electrons. The molecule has 0 aromatic carbocycles. The number of nitrogens with zero attached hydrogens (tertiary/aromatic N) is 2. The summed E-state index contributed by atoms with van der Waals surface area (Å²) >= 11 is 3.30. The maximum Gasteiger partial charge on any atom is 0.309 e. The van der Waals surface area contributed by atoms with Crippen LogP contribution in [0.1, 0.15) is 5.56 Å². The van der Waals surface area contributed by atoms with Gasteiger partial charge in [-0.15, -0.1) is 0 Å². The minimum atomic E-state index is -0.692. The van der Waals surface area contributed by atoms with Crippen LogP contribution >= 0.6 is 15.9 Å². The number of aromatic nitrogens is 1. The Morgan fingerprint density at radius 2 is 2.40 bits per heavy atom. The number of halogens is 1. The average Bonchev–Trinajstić information content (AvgIpc) is 2.10. The first kappa shape index (κ1) is 10.6. The van der Waals surface area contributed by atoms with Crippen molar-refractivity contribution in [3.8, 4) is 0 Å². The van der Waals surface area contributed by atoms with Crippen LogP contribution in [0.2, 0.25) is 0 Å². The van der Waals surface area contributed by atoms with E-state index in [0.717, 1.165) is 16.7 Å². The third kappa shape index (κ3) is 2.54. The molecule has 1 N–H and O–H groups in total. The summed E-state index contributed by atoms with van der Waals surface area (Å²) < 4.78 is 0.815. The molecule has 0 saturated carbocycles. The Balaban J connectivity index is 1.87. The van der Waals surface area contributed by atoms with Gasteiger partial charge in [0.1, 0.15) is 4.60 Å². The van der Waals surface area contributed by atoms with Gasteiger partial charge in [-0.3, -0.25) is 9.69 Å². The SMILES string of the molecule is O=C(O)C1CN(Cc2ccnc(Br)c2)C1. The summed E-state index contributed by atoms with van der Waals surface area (Å²) in [6.45, 7) is 2.09. The van der Waals surface area contributed by atoms with Crippen molar-refractivity contribution in [2.24, 2.45) is 5.92 Å². The van der Waals surface area contributed by atoms with E-state index in [9.17, 15) is 4.79 Å². The van der Waals surface area contributed by atoms with Gasteiger partial charge in [-0.2, -0.15) is 0 Å². The van der Waals surface area contributed by atoms with Crippen LogP contribution in [0.15, 0.2) is 22.9 Å². The molecule has 1 aromatic rings. The van der Waals surface area contributed by atoms with Gasteiger partial charge in [0.05, 0.1) is 5.92 Å². The van der Waals surface area contributed by atoms with Crippen LogP contribution in [0.5, 0.6) is 0 Å². The summed E-state index contributed by atoms with van der Waals surface area (Å²) in [4.78, 5) is 16.7. The number of pyridine rings is 1. The van der Waals surface area contributed by atoms with E-state index in [2.05, 4.69) is 25.8 Å². The summed E-state index contributed by atoms with van der Waals surface area (Å²) in [7, 11) is 0. The molecule has 0 bridgehead atoms. The zero-order valence-corrected chi connectivity index (χ0v) is 9.64. The molecule has 1 aromatic heterocycles. The van der Waals surface area contributed by atoms with Crippen molar-refractivity contribution < 1.29 is 9.90 Å². The Bertz CT molecular complexity index is 377. The Morgan fingerprint density at radius 1 is 1.67 bits per heavy atom. The lowest BCUT2D eigenvalue weighted by molar-refractivity contribution is -0.147. The minimum absolute atomic E-state index is 0.185. The summed E-state index contributed by atoms with van der Waals surface area (Å²) in [6.07, 6.45) is 1.74. The van der Waals surface area contributed by atoms with Gasteiger partial charge in [0, 0.05) is 25.8 Å². The zero-order chi connectivity index (χ0) is 10.8. The van der Waals surface area contributed by atoms with Crippen LogP contribution < -0.4 is 0 Å². The molecule has 4 nitrogen and oxygen atoms in total. The molecule has 2 heterocycles. The highest BCUT2D eigenvalue weighted by Crippen LogP contribution is 2.19. The fraction of sp³-hybridized carbons (Fsp3) is 0.400. The van der Waals surface area contributed by atoms with Crippen molar-refractivity contribution in [1.29, 1.82) is 0 Å². The summed E-state index contributed by atoms with van der Waals surface area (Å²) in [5.74, 6) is -0.877. The van der Waals surface area contributed by atoms with Gasteiger partial charge < -0.3 is 5.11 Å². The smallest absolute Gasteiger partial charge is 0.309 e. The van der Waals surface area contributed by atoms with E-state index in [-0.39, 0.29) is 5.92 Å². The van der Waals surface area contributed by atoms with Gasteiger partial charge in [0.25, 0.3) is 0 Å². The fourth-order valence-corrected chi connectivity index (χ4v) is 2.07. The van der Waals surface area contributed by atoms with Crippen LogP contribution in [0.25, 0.3) is 0 Å². The first-order chi connectivity index (χ1) is 7.15. The first-order valence-corrected chi connectivity index (χ1v) is 5.50. The molecular formula is C10H11BrN2O2. The fourth-order valence-electron chi connectivity index (χ4n) is 1.65. The van der Waals surface area contributed by atoms with E-state index in [0.29, 0.717) is 13.1 Å². The molecule has 0 unspecified atom stereocenters. The second kappa shape index (κ2) is 4.28. The highest BCUT2D eigenvalue weighted by Gasteiger charge is 2.32. The van der Waals surface area contributed by atoms with E-state index >= 15 is 0 Å². The van der Waals surface area contributed by atoms with Crippen molar-refractivity contribution in [3.63, 3.8) is 0 Å². The predicted molar refractivity (Wildman–Crippen MR) is 58.3 cm³/mol. The van der Waals surface area contributed by atoms with E-state index in [1.807, 2.05) is 12.1 Å². The lowest BCUT2D eigenvalue weighted by Crippen LogP contribution is -2.49. The summed E-state index contributed by atoms with van der Waals surface area (Å²) in [6, 6.07) is 3.90. The molecule has 1 aliphatic heterocycles. The molecule has 0 atom stereocenters. The van der Waals surface area contributed by atoms with Crippen LogP contribution in [-0.4, -0.2) is 34.0 Å². The number of hydrogen-bond donors (Lipinski definition) is 1. The number of likely N-dealkylation sites (tertiary alicyclic amines) is 1. The standard InChI is InChI=1S/C10H11BrN2O2/c11-9-3-7(1-2-12-9)4-13-5-8(6-13)10(14)15/h1-3,8H,4-6H2,(H,14,15). The number of carboxylic acids is 1. The van der Waals surface area contributed by atoms with Crippen LogP contribution in [0.3, 0.4) is 0 Å². The van der Waals surface area contributed by atoms with Crippen LogP contribution in [0.4, 0.5) is 0 Å². The normalized spacial score (nSPS) is 17.4. The highest BCUT2D eigenvalue weighted by atomic mass is 79.9. The maximum absolute atomic E-state index is 10.6. The summed E-state index contributed by atoms with van der Waals surface area (Å²) in [5, 5.41) is 8.72. The largest absolute Gasteiger partial charge is 0.481 e.